The number of aryl methyl sites for hydroxylation is 4. The third-order valence-corrected chi connectivity index (χ3v) is 7.83. The predicted molar refractivity (Wildman–Crippen MR) is 110 cm³/mol. The van der Waals surface area contributed by atoms with Gasteiger partial charge in [0, 0.05) is 31.7 Å². The Labute approximate surface area is 166 Å². The fourth-order valence-corrected chi connectivity index (χ4v) is 5.93. The number of imidazole rings is 1. The lowest BCUT2D eigenvalue weighted by molar-refractivity contribution is 0.469. The largest absolute Gasteiger partial charge is 0.327 e. The number of pyridine rings is 1. The molecular formula is C21H26N4O2S. The van der Waals surface area contributed by atoms with Crippen LogP contribution in [0, 0.1) is 20.8 Å². The Hall–Kier alpha value is -2.25. The highest BCUT2D eigenvalue weighted by atomic mass is 32.2. The van der Waals surface area contributed by atoms with Gasteiger partial charge in [-0.15, -0.1) is 0 Å². The molecule has 1 aliphatic rings. The molecule has 2 aromatic heterocycles. The van der Waals surface area contributed by atoms with Crippen LogP contribution in [0.25, 0.3) is 11.0 Å². The van der Waals surface area contributed by atoms with Gasteiger partial charge in [-0.05, 0) is 62.9 Å². The zero-order valence-electron chi connectivity index (χ0n) is 16.8. The minimum absolute atomic E-state index is 0.0916. The molecule has 6 nitrogen and oxygen atoms in total. The summed E-state index contributed by atoms with van der Waals surface area (Å²) >= 11 is 0. The molecule has 0 bridgehead atoms. The van der Waals surface area contributed by atoms with Crippen LogP contribution >= 0.6 is 0 Å². The van der Waals surface area contributed by atoms with Gasteiger partial charge in [-0.25, -0.2) is 13.4 Å². The van der Waals surface area contributed by atoms with Crippen molar-refractivity contribution < 1.29 is 8.42 Å². The number of fused-ring (bicyclic) bond motifs is 1. The second-order valence-electron chi connectivity index (χ2n) is 7.63. The monoisotopic (exact) mass is 398 g/mol. The maximum Gasteiger partial charge on any atom is 0.243 e. The minimum Gasteiger partial charge on any atom is -0.327 e. The number of sulfonamides is 1. The maximum atomic E-state index is 13.3. The van der Waals surface area contributed by atoms with Gasteiger partial charge in [-0.3, -0.25) is 4.98 Å². The minimum atomic E-state index is -3.52. The third kappa shape index (κ3) is 3.02. The summed E-state index contributed by atoms with van der Waals surface area (Å²) in [5.74, 6) is 1.05. The van der Waals surface area contributed by atoms with Crippen LogP contribution in [-0.2, 0) is 16.6 Å². The Bertz CT molecular complexity index is 1150. The molecule has 7 heteroatoms. The second-order valence-corrected chi connectivity index (χ2v) is 9.54. The molecule has 28 heavy (non-hydrogen) atoms. The van der Waals surface area contributed by atoms with Crippen LogP contribution < -0.4 is 0 Å². The van der Waals surface area contributed by atoms with Crippen molar-refractivity contribution in [1.82, 2.24) is 18.8 Å². The van der Waals surface area contributed by atoms with Crippen molar-refractivity contribution in [3.63, 3.8) is 0 Å². The predicted octanol–water partition coefficient (Wildman–Crippen LogP) is 3.55. The standard InChI is InChI=1S/C21H26N4O2S/c1-5-25-19-12-22-8-6-18(19)23-21(25)17-7-9-24(13-17)28(26,27)20-11-15(3)14(2)10-16(20)4/h6,8,10-12,17H,5,7,9,13H2,1-4H3/t17-/m0/s1. The van der Waals surface area contributed by atoms with Crippen molar-refractivity contribution in [2.24, 2.45) is 0 Å². The zero-order chi connectivity index (χ0) is 20.1. The number of hydrogen-bond donors (Lipinski definition) is 0. The Morgan fingerprint density at radius 3 is 2.64 bits per heavy atom. The summed E-state index contributed by atoms with van der Waals surface area (Å²) in [6, 6.07) is 5.67. The first kappa shape index (κ1) is 19.1. The molecule has 0 amide bonds. The maximum absolute atomic E-state index is 13.3. The number of rotatable bonds is 4. The van der Waals surface area contributed by atoms with Gasteiger partial charge in [0.15, 0.2) is 0 Å². The molecule has 148 valence electrons. The van der Waals surface area contributed by atoms with E-state index in [2.05, 4.69) is 16.5 Å². The van der Waals surface area contributed by atoms with Crippen molar-refractivity contribution in [3.8, 4) is 0 Å². The Kier molecular flexibility index (Phi) is 4.75. The van der Waals surface area contributed by atoms with E-state index >= 15 is 0 Å². The molecule has 3 heterocycles. The van der Waals surface area contributed by atoms with E-state index in [-0.39, 0.29) is 5.92 Å². The summed E-state index contributed by atoms with van der Waals surface area (Å²) < 4.78 is 30.4. The lowest BCUT2D eigenvalue weighted by Crippen LogP contribution is -2.29. The van der Waals surface area contributed by atoms with E-state index in [1.54, 1.807) is 16.6 Å². The van der Waals surface area contributed by atoms with Crippen molar-refractivity contribution in [3.05, 3.63) is 53.1 Å². The summed E-state index contributed by atoms with van der Waals surface area (Å²) in [6.07, 6.45) is 4.35. The summed E-state index contributed by atoms with van der Waals surface area (Å²) in [7, 11) is -3.52. The van der Waals surface area contributed by atoms with E-state index in [1.165, 1.54) is 0 Å². The Morgan fingerprint density at radius 1 is 1.14 bits per heavy atom. The van der Waals surface area contributed by atoms with Gasteiger partial charge in [0.1, 0.15) is 5.82 Å². The van der Waals surface area contributed by atoms with Crippen LogP contribution in [0.2, 0.25) is 0 Å². The molecule has 0 radical (unpaired) electrons. The molecule has 0 aliphatic carbocycles. The van der Waals surface area contributed by atoms with Gasteiger partial charge in [0.05, 0.1) is 22.1 Å². The summed E-state index contributed by atoms with van der Waals surface area (Å²) in [4.78, 5) is 9.43. The van der Waals surface area contributed by atoms with E-state index in [0.717, 1.165) is 46.5 Å². The molecule has 1 aromatic carbocycles. The van der Waals surface area contributed by atoms with Gasteiger partial charge in [-0.1, -0.05) is 6.07 Å². The van der Waals surface area contributed by atoms with Gasteiger partial charge >= 0.3 is 0 Å². The average Bonchev–Trinajstić information content (AvgIpc) is 3.29. The second kappa shape index (κ2) is 6.97. The smallest absolute Gasteiger partial charge is 0.243 e. The molecule has 0 spiro atoms. The van der Waals surface area contributed by atoms with Crippen LogP contribution in [-0.4, -0.2) is 40.3 Å². The number of nitrogens with zero attached hydrogens (tertiary/aromatic N) is 4. The molecule has 0 saturated carbocycles. The molecular weight excluding hydrogens is 372 g/mol. The van der Waals surface area contributed by atoms with Crippen molar-refractivity contribution in [2.75, 3.05) is 13.1 Å². The normalized spacial score (nSPS) is 18.2. The van der Waals surface area contributed by atoms with Gasteiger partial charge in [0.25, 0.3) is 0 Å². The molecule has 1 aliphatic heterocycles. The Morgan fingerprint density at radius 2 is 1.89 bits per heavy atom. The van der Waals surface area contributed by atoms with E-state index in [1.807, 2.05) is 39.1 Å². The molecule has 3 aromatic rings. The first-order valence-electron chi connectivity index (χ1n) is 9.71. The van der Waals surface area contributed by atoms with E-state index < -0.39 is 10.0 Å². The van der Waals surface area contributed by atoms with Crippen LogP contribution in [0.4, 0.5) is 0 Å². The first-order chi connectivity index (χ1) is 13.3. The molecule has 1 saturated heterocycles. The number of aromatic nitrogens is 3. The van der Waals surface area contributed by atoms with Crippen molar-refractivity contribution in [1.29, 1.82) is 0 Å². The van der Waals surface area contributed by atoms with E-state index in [0.29, 0.717) is 18.0 Å². The fraction of sp³-hybridized carbons (Fsp3) is 0.429. The topological polar surface area (TPSA) is 68.1 Å². The van der Waals surface area contributed by atoms with Gasteiger partial charge in [0.2, 0.25) is 10.0 Å². The molecule has 1 atom stereocenters. The van der Waals surface area contributed by atoms with Crippen LogP contribution in [0.5, 0.6) is 0 Å². The summed E-state index contributed by atoms with van der Waals surface area (Å²) in [6.45, 7) is 9.69. The molecule has 1 fully saturated rings. The number of benzene rings is 1. The van der Waals surface area contributed by atoms with Crippen molar-refractivity contribution >= 4 is 21.1 Å². The van der Waals surface area contributed by atoms with Crippen LogP contribution in [0.15, 0.2) is 35.5 Å². The summed E-state index contributed by atoms with van der Waals surface area (Å²) in [5, 5.41) is 0. The van der Waals surface area contributed by atoms with Gasteiger partial charge < -0.3 is 4.57 Å². The quantitative estimate of drug-likeness (QED) is 0.674. The number of hydrogen-bond acceptors (Lipinski definition) is 4. The zero-order valence-corrected chi connectivity index (χ0v) is 17.6. The first-order valence-corrected chi connectivity index (χ1v) is 11.1. The van der Waals surface area contributed by atoms with Crippen molar-refractivity contribution in [2.45, 2.75) is 51.5 Å². The molecule has 0 unspecified atom stereocenters. The average molecular weight is 399 g/mol. The SMILES string of the molecule is CCn1c([C@H]2CCN(S(=O)(=O)c3cc(C)c(C)cc3C)C2)nc2ccncc21. The highest BCUT2D eigenvalue weighted by molar-refractivity contribution is 7.89. The van der Waals surface area contributed by atoms with E-state index in [4.69, 9.17) is 4.98 Å². The third-order valence-electron chi connectivity index (χ3n) is 5.82. The molecule has 4 rings (SSSR count). The lowest BCUT2D eigenvalue weighted by atomic mass is 10.1. The Balaban J connectivity index is 1.67. The molecule has 0 N–H and O–H groups in total. The highest BCUT2D eigenvalue weighted by Crippen LogP contribution is 2.33. The highest BCUT2D eigenvalue weighted by Gasteiger charge is 2.36. The summed E-state index contributed by atoms with van der Waals surface area (Å²) in [5.41, 5.74) is 4.84. The van der Waals surface area contributed by atoms with E-state index in [9.17, 15) is 8.42 Å². The lowest BCUT2D eigenvalue weighted by Gasteiger charge is -2.19. The van der Waals surface area contributed by atoms with Crippen LogP contribution in [0.3, 0.4) is 0 Å². The van der Waals surface area contributed by atoms with Gasteiger partial charge in [-0.2, -0.15) is 4.31 Å². The fourth-order valence-electron chi connectivity index (χ4n) is 4.14. The van der Waals surface area contributed by atoms with Crippen LogP contribution in [0.1, 0.15) is 41.8 Å².